The highest BCUT2D eigenvalue weighted by atomic mass is 35.5. The van der Waals surface area contributed by atoms with Gasteiger partial charge in [0.05, 0.1) is 18.6 Å². The molecule has 8 heavy (non-hydrogen) atoms. The number of alkyl halides is 1. The van der Waals surface area contributed by atoms with E-state index in [1.54, 1.807) is 0 Å². The first-order valence-corrected chi connectivity index (χ1v) is 3.19. The van der Waals surface area contributed by atoms with Crippen LogP contribution in [0, 0.1) is 0 Å². The zero-order valence-electron chi connectivity index (χ0n) is 4.76. The fourth-order valence-corrected chi connectivity index (χ4v) is 0.835. The summed E-state index contributed by atoms with van der Waals surface area (Å²) in [6.45, 7) is 2.51. The summed E-state index contributed by atoms with van der Waals surface area (Å²) in [5.41, 5.74) is 0. The second kappa shape index (κ2) is 2.67. The van der Waals surface area contributed by atoms with Crippen LogP contribution in [0.5, 0.6) is 0 Å². The average Bonchev–Trinajstić information content (AvgIpc) is 2.14. The Balaban J connectivity index is 2.22. The van der Waals surface area contributed by atoms with Gasteiger partial charge in [0.15, 0.2) is 6.29 Å². The van der Waals surface area contributed by atoms with Gasteiger partial charge >= 0.3 is 0 Å². The molecule has 1 aliphatic rings. The zero-order chi connectivity index (χ0) is 5.98. The number of halogens is 1. The van der Waals surface area contributed by atoms with Gasteiger partial charge in [-0.3, -0.25) is 0 Å². The minimum absolute atomic E-state index is 0.0567. The lowest BCUT2D eigenvalue weighted by Crippen LogP contribution is -2.11. The van der Waals surface area contributed by atoms with E-state index in [4.69, 9.17) is 21.1 Å². The van der Waals surface area contributed by atoms with Gasteiger partial charge in [0.1, 0.15) is 0 Å². The minimum atomic E-state index is -0.0567. The summed E-state index contributed by atoms with van der Waals surface area (Å²) < 4.78 is 10.2. The van der Waals surface area contributed by atoms with E-state index in [9.17, 15) is 0 Å². The van der Waals surface area contributed by atoms with Crippen molar-refractivity contribution < 1.29 is 9.47 Å². The van der Waals surface area contributed by atoms with Crippen molar-refractivity contribution in [2.75, 3.05) is 12.5 Å². The Morgan fingerprint density at radius 1 is 1.75 bits per heavy atom. The first kappa shape index (κ1) is 6.33. The molecule has 2 atom stereocenters. The molecule has 1 aliphatic heterocycles. The summed E-state index contributed by atoms with van der Waals surface area (Å²) in [4.78, 5) is 0. The summed E-state index contributed by atoms with van der Waals surface area (Å²) in [6, 6.07) is 0. The minimum Gasteiger partial charge on any atom is -0.350 e. The van der Waals surface area contributed by atoms with Crippen LogP contribution in [0.4, 0.5) is 0 Å². The predicted molar refractivity (Wildman–Crippen MR) is 31.0 cm³/mol. The maximum atomic E-state index is 5.47. The normalized spacial score (nSPS) is 38.2. The summed E-state index contributed by atoms with van der Waals surface area (Å²) >= 11 is 5.47. The molecule has 0 spiro atoms. The van der Waals surface area contributed by atoms with Crippen LogP contribution in [0.15, 0.2) is 0 Å². The summed E-state index contributed by atoms with van der Waals surface area (Å²) in [7, 11) is 0. The molecule has 3 heteroatoms. The summed E-state index contributed by atoms with van der Waals surface area (Å²) in [5, 5.41) is 0. The molecule has 0 saturated carbocycles. The van der Waals surface area contributed by atoms with Gasteiger partial charge in [0.25, 0.3) is 0 Å². The molecule has 0 bridgehead atoms. The Hall–Kier alpha value is 0.210. The molecule has 1 fully saturated rings. The van der Waals surface area contributed by atoms with E-state index in [0.29, 0.717) is 12.5 Å². The molecule has 0 amide bonds. The highest BCUT2D eigenvalue weighted by Crippen LogP contribution is 2.10. The molecule has 0 radical (unpaired) electrons. The highest BCUT2D eigenvalue weighted by molar-refractivity contribution is 6.18. The molecule has 0 aromatic rings. The monoisotopic (exact) mass is 136 g/mol. The van der Waals surface area contributed by atoms with Crippen LogP contribution < -0.4 is 0 Å². The van der Waals surface area contributed by atoms with Crippen molar-refractivity contribution in [2.45, 2.75) is 19.3 Å². The van der Waals surface area contributed by atoms with Crippen LogP contribution in [0.1, 0.15) is 6.92 Å². The van der Waals surface area contributed by atoms with Crippen LogP contribution >= 0.6 is 11.6 Å². The molecule has 2 nitrogen and oxygen atoms in total. The Bertz CT molecular complexity index is 76.8. The van der Waals surface area contributed by atoms with Crippen molar-refractivity contribution in [1.29, 1.82) is 0 Å². The average molecular weight is 137 g/mol. The van der Waals surface area contributed by atoms with Gasteiger partial charge in [-0.1, -0.05) is 0 Å². The highest BCUT2D eigenvalue weighted by Gasteiger charge is 2.20. The first-order valence-electron chi connectivity index (χ1n) is 2.66. The molecule has 0 N–H and O–H groups in total. The van der Waals surface area contributed by atoms with Crippen LogP contribution in [0.3, 0.4) is 0 Å². The maximum absolute atomic E-state index is 5.47. The SMILES string of the molecule is CC1OCC(CCl)O1. The van der Waals surface area contributed by atoms with Crippen LogP contribution in [-0.4, -0.2) is 24.9 Å². The molecular weight excluding hydrogens is 128 g/mol. The van der Waals surface area contributed by atoms with Gasteiger partial charge < -0.3 is 9.47 Å². The van der Waals surface area contributed by atoms with E-state index in [1.165, 1.54) is 0 Å². The summed E-state index contributed by atoms with van der Waals surface area (Å²) in [5.74, 6) is 0.532. The Morgan fingerprint density at radius 3 is 2.75 bits per heavy atom. The van der Waals surface area contributed by atoms with E-state index in [-0.39, 0.29) is 12.4 Å². The Morgan fingerprint density at radius 2 is 2.50 bits per heavy atom. The van der Waals surface area contributed by atoms with E-state index < -0.39 is 0 Å². The van der Waals surface area contributed by atoms with Crippen LogP contribution in [0.2, 0.25) is 0 Å². The second-order valence-electron chi connectivity index (χ2n) is 1.81. The van der Waals surface area contributed by atoms with E-state index in [1.807, 2.05) is 6.92 Å². The van der Waals surface area contributed by atoms with Crippen molar-refractivity contribution >= 4 is 11.6 Å². The first-order chi connectivity index (χ1) is 3.83. The smallest absolute Gasteiger partial charge is 0.155 e. The third-order valence-corrected chi connectivity index (χ3v) is 1.42. The van der Waals surface area contributed by atoms with Gasteiger partial charge in [-0.05, 0) is 6.92 Å². The Kier molecular flexibility index (Phi) is 2.11. The van der Waals surface area contributed by atoms with Crippen LogP contribution in [0.25, 0.3) is 0 Å². The standard InChI is InChI=1S/C5H9ClO2/c1-4-7-3-5(2-6)8-4/h4-5H,2-3H2,1H3. The predicted octanol–water partition coefficient (Wildman–Crippen LogP) is 0.987. The van der Waals surface area contributed by atoms with Gasteiger partial charge in [0, 0.05) is 0 Å². The zero-order valence-corrected chi connectivity index (χ0v) is 5.52. The van der Waals surface area contributed by atoms with Gasteiger partial charge in [-0.25, -0.2) is 0 Å². The van der Waals surface area contributed by atoms with Gasteiger partial charge in [-0.15, -0.1) is 11.6 Å². The van der Waals surface area contributed by atoms with Crippen molar-refractivity contribution in [1.82, 2.24) is 0 Å². The number of rotatable bonds is 1. The maximum Gasteiger partial charge on any atom is 0.155 e. The largest absolute Gasteiger partial charge is 0.350 e. The molecule has 0 aromatic carbocycles. The molecule has 0 aliphatic carbocycles. The third kappa shape index (κ3) is 1.34. The molecule has 0 aromatic heterocycles. The van der Waals surface area contributed by atoms with E-state index >= 15 is 0 Å². The molecule has 1 saturated heterocycles. The molecule has 48 valence electrons. The van der Waals surface area contributed by atoms with Crippen molar-refractivity contribution in [3.8, 4) is 0 Å². The number of hydrogen-bond acceptors (Lipinski definition) is 2. The van der Waals surface area contributed by atoms with Gasteiger partial charge in [-0.2, -0.15) is 0 Å². The number of hydrogen-bond donors (Lipinski definition) is 0. The Labute approximate surface area is 53.7 Å². The quantitative estimate of drug-likeness (QED) is 0.501. The number of ether oxygens (including phenoxy) is 2. The fourth-order valence-electron chi connectivity index (χ4n) is 0.673. The lowest BCUT2D eigenvalue weighted by Gasteiger charge is -2.01. The van der Waals surface area contributed by atoms with E-state index in [0.717, 1.165) is 0 Å². The summed E-state index contributed by atoms with van der Waals surface area (Å²) in [6.07, 6.45) is 0.0606. The lowest BCUT2D eigenvalue weighted by atomic mass is 10.4. The third-order valence-electron chi connectivity index (χ3n) is 1.07. The molecule has 1 heterocycles. The van der Waals surface area contributed by atoms with Crippen molar-refractivity contribution in [3.63, 3.8) is 0 Å². The topological polar surface area (TPSA) is 18.5 Å². The van der Waals surface area contributed by atoms with E-state index in [2.05, 4.69) is 0 Å². The fraction of sp³-hybridized carbons (Fsp3) is 1.00. The lowest BCUT2D eigenvalue weighted by molar-refractivity contribution is -0.0384. The van der Waals surface area contributed by atoms with Crippen molar-refractivity contribution in [2.24, 2.45) is 0 Å². The molecule has 2 unspecified atom stereocenters. The van der Waals surface area contributed by atoms with Gasteiger partial charge in [0.2, 0.25) is 0 Å². The molecular formula is C5H9ClO2. The van der Waals surface area contributed by atoms with Crippen molar-refractivity contribution in [3.05, 3.63) is 0 Å². The van der Waals surface area contributed by atoms with Crippen LogP contribution in [-0.2, 0) is 9.47 Å². The molecule has 1 rings (SSSR count). The second-order valence-corrected chi connectivity index (χ2v) is 2.12.